The number of halogens is 1. The molecule has 1 aromatic heterocycles. The maximum atomic E-state index is 12.7. The molecular formula is C22H24ClNO4. The normalized spacial score (nSPS) is 17.0. The van der Waals surface area contributed by atoms with Gasteiger partial charge in [-0.2, -0.15) is 0 Å². The summed E-state index contributed by atoms with van der Waals surface area (Å²) in [7, 11) is 1.61. The molecule has 0 bridgehead atoms. The average molecular weight is 402 g/mol. The van der Waals surface area contributed by atoms with Crippen LogP contribution in [0.3, 0.4) is 0 Å². The van der Waals surface area contributed by atoms with E-state index in [-0.39, 0.29) is 23.1 Å². The van der Waals surface area contributed by atoms with Crippen molar-refractivity contribution in [2.24, 2.45) is 0 Å². The van der Waals surface area contributed by atoms with E-state index >= 15 is 0 Å². The van der Waals surface area contributed by atoms with Gasteiger partial charge in [0.25, 0.3) is 0 Å². The fourth-order valence-corrected chi connectivity index (χ4v) is 4.94. The number of rotatable bonds is 3. The van der Waals surface area contributed by atoms with Crippen LogP contribution in [0.25, 0.3) is 11.3 Å². The number of carbonyl (C=O) groups excluding carboxylic acids is 1. The molecule has 0 atom stereocenters. The van der Waals surface area contributed by atoms with Crippen LogP contribution in [0.1, 0.15) is 54.9 Å². The molecule has 1 fully saturated rings. The zero-order chi connectivity index (χ0) is 19.9. The molecule has 148 valence electrons. The van der Waals surface area contributed by atoms with Crippen LogP contribution >= 0.6 is 11.6 Å². The number of methoxy groups -OCH3 is 1. The fourth-order valence-electron chi connectivity index (χ4n) is 4.70. The summed E-state index contributed by atoms with van der Waals surface area (Å²) in [6, 6.07) is 5.41. The first-order valence-electron chi connectivity index (χ1n) is 9.80. The number of pyridine rings is 1. The van der Waals surface area contributed by atoms with E-state index in [4.69, 9.17) is 21.1 Å². The summed E-state index contributed by atoms with van der Waals surface area (Å²) in [6.45, 7) is 1.98. The third kappa shape index (κ3) is 3.02. The van der Waals surface area contributed by atoms with Gasteiger partial charge in [0.2, 0.25) is 0 Å². The van der Waals surface area contributed by atoms with Gasteiger partial charge >= 0.3 is 5.97 Å². The van der Waals surface area contributed by atoms with Crippen molar-refractivity contribution in [2.45, 2.75) is 51.0 Å². The Morgan fingerprint density at radius 1 is 1.21 bits per heavy atom. The van der Waals surface area contributed by atoms with E-state index in [0.717, 1.165) is 48.9 Å². The number of aromatic nitrogens is 1. The van der Waals surface area contributed by atoms with Gasteiger partial charge in [-0.1, -0.05) is 30.9 Å². The highest BCUT2D eigenvalue weighted by atomic mass is 35.5. The molecule has 1 aromatic carbocycles. The maximum Gasteiger partial charge on any atom is 0.343 e. The number of carbonyl (C=O) groups is 1. The number of esters is 1. The van der Waals surface area contributed by atoms with E-state index in [1.165, 1.54) is 6.42 Å². The summed E-state index contributed by atoms with van der Waals surface area (Å²) < 4.78 is 12.7. The zero-order valence-corrected chi connectivity index (χ0v) is 17.0. The molecule has 2 heterocycles. The van der Waals surface area contributed by atoms with Crippen molar-refractivity contribution in [3.8, 4) is 17.0 Å². The Morgan fingerprint density at radius 2 is 1.96 bits per heavy atom. The Morgan fingerprint density at radius 3 is 2.64 bits per heavy atom. The van der Waals surface area contributed by atoms with Crippen molar-refractivity contribution in [3.63, 3.8) is 0 Å². The summed E-state index contributed by atoms with van der Waals surface area (Å²) in [5.74, 6) is 0.0811. The molecule has 2 aromatic rings. The summed E-state index contributed by atoms with van der Waals surface area (Å²) in [5, 5.41) is 0.509. The molecule has 4 rings (SSSR count). The van der Waals surface area contributed by atoms with E-state index in [9.17, 15) is 9.59 Å². The lowest BCUT2D eigenvalue weighted by Gasteiger charge is -2.45. The zero-order valence-electron chi connectivity index (χ0n) is 16.2. The lowest BCUT2D eigenvalue weighted by atomic mass is 9.73. The molecule has 0 radical (unpaired) electrons. The molecule has 28 heavy (non-hydrogen) atoms. The average Bonchev–Trinajstić information content (AvgIpc) is 2.69. The summed E-state index contributed by atoms with van der Waals surface area (Å²) in [6.07, 6.45) is 8.01. The first-order valence-corrected chi connectivity index (χ1v) is 10.2. The number of hydrogen-bond acceptors (Lipinski definition) is 4. The molecule has 6 heteroatoms. The molecule has 1 aliphatic heterocycles. The van der Waals surface area contributed by atoms with Gasteiger partial charge in [-0.3, -0.25) is 4.79 Å². The third-order valence-electron chi connectivity index (χ3n) is 6.01. The Hall–Kier alpha value is -2.27. The highest BCUT2D eigenvalue weighted by Gasteiger charge is 2.40. The smallest absolute Gasteiger partial charge is 0.343 e. The number of ether oxygens (including phenoxy) is 2. The summed E-state index contributed by atoms with van der Waals surface area (Å²) >= 11 is 6.38. The highest BCUT2D eigenvalue weighted by molar-refractivity contribution is 6.32. The minimum absolute atomic E-state index is 0.0959. The van der Waals surface area contributed by atoms with Gasteiger partial charge in [0.15, 0.2) is 5.43 Å². The molecule has 0 saturated heterocycles. The van der Waals surface area contributed by atoms with E-state index in [2.05, 4.69) is 4.57 Å². The van der Waals surface area contributed by atoms with Crippen molar-refractivity contribution in [2.75, 3.05) is 13.7 Å². The minimum Gasteiger partial charge on any atom is -0.495 e. The van der Waals surface area contributed by atoms with Gasteiger partial charge < -0.3 is 14.0 Å². The van der Waals surface area contributed by atoms with Crippen LogP contribution < -0.4 is 10.2 Å². The Labute approximate surface area is 169 Å². The number of hydrogen-bond donors (Lipinski definition) is 0. The summed E-state index contributed by atoms with van der Waals surface area (Å²) in [4.78, 5) is 25.1. The van der Waals surface area contributed by atoms with Crippen LogP contribution in [0, 0.1) is 0 Å². The monoisotopic (exact) mass is 401 g/mol. The van der Waals surface area contributed by atoms with E-state index in [1.54, 1.807) is 26.3 Å². The first-order chi connectivity index (χ1) is 13.5. The van der Waals surface area contributed by atoms with Crippen molar-refractivity contribution in [1.29, 1.82) is 0 Å². The molecule has 0 N–H and O–H groups in total. The number of fused-ring (bicyclic) bond motifs is 4. The standard InChI is InChI=1S/C22H24ClNO4/c1-3-28-21(26)16-13-24-18(11-19(16)25)15-10-17(23)20(27-2)9-14(15)12-22(24)7-5-4-6-8-22/h9-11,13H,3-8,12H2,1-2H3. The van der Waals surface area contributed by atoms with Gasteiger partial charge in [0.1, 0.15) is 11.3 Å². The van der Waals surface area contributed by atoms with Crippen molar-refractivity contribution < 1.29 is 14.3 Å². The van der Waals surface area contributed by atoms with Crippen LogP contribution in [-0.2, 0) is 16.7 Å². The van der Waals surface area contributed by atoms with E-state index in [1.807, 2.05) is 12.1 Å². The largest absolute Gasteiger partial charge is 0.495 e. The quantitative estimate of drug-likeness (QED) is 0.707. The molecule has 0 unspecified atom stereocenters. The van der Waals surface area contributed by atoms with E-state index in [0.29, 0.717) is 10.8 Å². The Balaban J connectivity index is 1.96. The van der Waals surface area contributed by atoms with Gasteiger partial charge in [-0.15, -0.1) is 0 Å². The van der Waals surface area contributed by atoms with Crippen LogP contribution in [0.5, 0.6) is 5.75 Å². The van der Waals surface area contributed by atoms with Crippen molar-refractivity contribution in [3.05, 3.63) is 50.8 Å². The van der Waals surface area contributed by atoms with Gasteiger partial charge in [-0.05, 0) is 43.9 Å². The fraction of sp³-hybridized carbons (Fsp3) is 0.455. The number of benzene rings is 1. The van der Waals surface area contributed by atoms with Crippen molar-refractivity contribution >= 4 is 17.6 Å². The minimum atomic E-state index is -0.563. The SMILES string of the molecule is CCOC(=O)c1cn2c(cc1=O)-c1cc(Cl)c(OC)cc1CC21CCCCC1. The highest BCUT2D eigenvalue weighted by Crippen LogP contribution is 2.47. The molecule has 5 nitrogen and oxygen atoms in total. The molecule has 1 spiro atoms. The van der Waals surface area contributed by atoms with Crippen LogP contribution in [0.4, 0.5) is 0 Å². The Kier molecular flexibility index (Phi) is 4.96. The molecule has 1 aliphatic carbocycles. The second-order valence-electron chi connectivity index (χ2n) is 7.63. The second-order valence-corrected chi connectivity index (χ2v) is 8.04. The maximum absolute atomic E-state index is 12.7. The van der Waals surface area contributed by atoms with Gasteiger partial charge in [0, 0.05) is 23.4 Å². The second kappa shape index (κ2) is 7.28. The predicted octanol–water partition coefficient (Wildman–Crippen LogP) is 4.57. The van der Waals surface area contributed by atoms with Crippen LogP contribution in [0.2, 0.25) is 5.02 Å². The Bertz CT molecular complexity index is 989. The third-order valence-corrected chi connectivity index (χ3v) is 6.31. The first kappa shape index (κ1) is 19.1. The summed E-state index contributed by atoms with van der Waals surface area (Å²) in [5.41, 5.74) is 2.50. The molecular weight excluding hydrogens is 378 g/mol. The van der Waals surface area contributed by atoms with Gasteiger partial charge in [-0.25, -0.2) is 4.79 Å². The predicted molar refractivity (Wildman–Crippen MR) is 108 cm³/mol. The van der Waals surface area contributed by atoms with Crippen LogP contribution in [0.15, 0.2) is 29.2 Å². The van der Waals surface area contributed by atoms with E-state index < -0.39 is 5.97 Å². The van der Waals surface area contributed by atoms with Gasteiger partial charge in [0.05, 0.1) is 24.4 Å². The molecule has 1 saturated carbocycles. The molecule has 0 amide bonds. The topological polar surface area (TPSA) is 57.5 Å². The molecule has 2 aliphatic rings. The lowest BCUT2D eigenvalue weighted by Crippen LogP contribution is -2.42. The lowest BCUT2D eigenvalue weighted by molar-refractivity contribution is 0.0522. The van der Waals surface area contributed by atoms with Crippen molar-refractivity contribution in [1.82, 2.24) is 4.57 Å². The van der Waals surface area contributed by atoms with Crippen LogP contribution in [-0.4, -0.2) is 24.3 Å². The number of nitrogens with zero attached hydrogens (tertiary/aromatic N) is 1.